The Morgan fingerprint density at radius 3 is 2.56 bits per heavy atom. The summed E-state index contributed by atoms with van der Waals surface area (Å²) in [4.78, 5) is 11.5. The minimum Gasteiger partial charge on any atom is -0.462 e. The number of halogens is 1. The van der Waals surface area contributed by atoms with Gasteiger partial charge in [0.1, 0.15) is 17.3 Å². The maximum Gasteiger partial charge on any atom is 0.336 e. The second kappa shape index (κ2) is 5.56. The Bertz CT molecular complexity index is 567. The van der Waals surface area contributed by atoms with E-state index >= 15 is 0 Å². The molecule has 1 aromatic heterocycles. The molecule has 0 atom stereocenters. The first-order valence-electron chi connectivity index (χ1n) is 5.35. The topological polar surface area (TPSA) is 39.4 Å². The Balaban J connectivity index is 1.96. The molecule has 1 heterocycles. The van der Waals surface area contributed by atoms with Crippen molar-refractivity contribution in [2.75, 3.05) is 0 Å². The SMILES string of the molecule is Cc1ccc(/C=C/C(=O)Oc2ccc(Cl)cc2)o1. The molecule has 18 heavy (non-hydrogen) atoms. The largest absolute Gasteiger partial charge is 0.462 e. The Morgan fingerprint density at radius 1 is 1.22 bits per heavy atom. The maximum atomic E-state index is 11.5. The van der Waals surface area contributed by atoms with Crippen molar-refractivity contribution in [2.45, 2.75) is 6.92 Å². The normalized spacial score (nSPS) is 10.8. The van der Waals surface area contributed by atoms with E-state index in [-0.39, 0.29) is 0 Å². The first kappa shape index (κ1) is 12.5. The Kier molecular flexibility index (Phi) is 3.85. The Morgan fingerprint density at radius 2 is 1.94 bits per heavy atom. The summed E-state index contributed by atoms with van der Waals surface area (Å²) in [5.74, 6) is 1.39. The molecule has 0 saturated heterocycles. The molecule has 3 nitrogen and oxygen atoms in total. The average molecular weight is 263 g/mol. The molecule has 92 valence electrons. The third-order valence-corrected chi connectivity index (χ3v) is 2.43. The predicted molar refractivity (Wildman–Crippen MR) is 69.6 cm³/mol. The zero-order valence-electron chi connectivity index (χ0n) is 9.72. The number of ether oxygens (including phenoxy) is 1. The van der Waals surface area contributed by atoms with Crippen molar-refractivity contribution >= 4 is 23.6 Å². The van der Waals surface area contributed by atoms with E-state index in [1.165, 1.54) is 6.08 Å². The van der Waals surface area contributed by atoms with Crippen molar-refractivity contribution in [3.05, 3.63) is 59.0 Å². The van der Waals surface area contributed by atoms with Crippen LogP contribution in [0.5, 0.6) is 5.75 Å². The smallest absolute Gasteiger partial charge is 0.336 e. The van der Waals surface area contributed by atoms with E-state index in [4.69, 9.17) is 20.8 Å². The van der Waals surface area contributed by atoms with Crippen LogP contribution >= 0.6 is 11.6 Å². The molecule has 0 bridgehead atoms. The number of hydrogen-bond acceptors (Lipinski definition) is 3. The molecule has 0 aliphatic carbocycles. The summed E-state index contributed by atoms with van der Waals surface area (Å²) in [6.45, 7) is 1.84. The van der Waals surface area contributed by atoms with Gasteiger partial charge in [-0.15, -0.1) is 0 Å². The van der Waals surface area contributed by atoms with Crippen LogP contribution in [0.15, 0.2) is 46.9 Å². The van der Waals surface area contributed by atoms with Gasteiger partial charge in [0.2, 0.25) is 0 Å². The maximum absolute atomic E-state index is 11.5. The summed E-state index contributed by atoms with van der Waals surface area (Å²) < 4.78 is 10.4. The van der Waals surface area contributed by atoms with Crippen molar-refractivity contribution in [3.63, 3.8) is 0 Å². The number of carbonyl (C=O) groups is 1. The van der Waals surface area contributed by atoms with Crippen molar-refractivity contribution in [1.82, 2.24) is 0 Å². The number of furan rings is 1. The van der Waals surface area contributed by atoms with E-state index in [1.54, 1.807) is 36.4 Å². The highest BCUT2D eigenvalue weighted by Crippen LogP contribution is 2.16. The van der Waals surface area contributed by atoms with Crippen LogP contribution in [-0.4, -0.2) is 5.97 Å². The van der Waals surface area contributed by atoms with E-state index in [0.29, 0.717) is 16.5 Å². The van der Waals surface area contributed by atoms with Crippen LogP contribution < -0.4 is 4.74 Å². The van der Waals surface area contributed by atoms with Crippen LogP contribution in [0.3, 0.4) is 0 Å². The molecule has 1 aromatic carbocycles. The predicted octanol–water partition coefficient (Wildman–Crippen LogP) is 3.86. The highest BCUT2D eigenvalue weighted by molar-refractivity contribution is 6.30. The van der Waals surface area contributed by atoms with Crippen molar-refractivity contribution in [3.8, 4) is 5.75 Å². The quantitative estimate of drug-likeness (QED) is 0.479. The van der Waals surface area contributed by atoms with Gasteiger partial charge in [-0.1, -0.05) is 11.6 Å². The van der Waals surface area contributed by atoms with Gasteiger partial charge in [0.05, 0.1) is 0 Å². The number of aryl methyl sites for hydroxylation is 1. The van der Waals surface area contributed by atoms with Gasteiger partial charge >= 0.3 is 5.97 Å². The van der Waals surface area contributed by atoms with Gasteiger partial charge in [-0.05, 0) is 49.4 Å². The third-order valence-electron chi connectivity index (χ3n) is 2.18. The van der Waals surface area contributed by atoms with Gasteiger partial charge < -0.3 is 9.15 Å². The fraction of sp³-hybridized carbons (Fsp3) is 0.0714. The van der Waals surface area contributed by atoms with Crippen LogP contribution in [0.1, 0.15) is 11.5 Å². The molecule has 0 fully saturated rings. The summed E-state index contributed by atoms with van der Waals surface area (Å²) in [5, 5.41) is 0.594. The Labute approximate surface area is 110 Å². The molecule has 0 aliphatic rings. The van der Waals surface area contributed by atoms with Gasteiger partial charge in [0, 0.05) is 11.1 Å². The lowest BCUT2D eigenvalue weighted by molar-refractivity contribution is -0.128. The molecule has 0 unspecified atom stereocenters. The zero-order valence-corrected chi connectivity index (χ0v) is 10.5. The van der Waals surface area contributed by atoms with Crippen molar-refractivity contribution in [2.24, 2.45) is 0 Å². The second-order valence-corrected chi connectivity index (χ2v) is 4.09. The Hall–Kier alpha value is -2.00. The van der Waals surface area contributed by atoms with Gasteiger partial charge in [-0.2, -0.15) is 0 Å². The number of esters is 1. The zero-order chi connectivity index (χ0) is 13.0. The molecule has 4 heteroatoms. The first-order chi connectivity index (χ1) is 8.63. The number of carbonyl (C=O) groups excluding carboxylic acids is 1. The van der Waals surface area contributed by atoms with E-state index in [1.807, 2.05) is 13.0 Å². The lowest BCUT2D eigenvalue weighted by Gasteiger charge is -2.00. The summed E-state index contributed by atoms with van der Waals surface area (Å²) >= 11 is 5.72. The molecule has 0 amide bonds. The van der Waals surface area contributed by atoms with Crippen LogP contribution in [-0.2, 0) is 4.79 Å². The van der Waals surface area contributed by atoms with E-state index in [2.05, 4.69) is 0 Å². The number of rotatable bonds is 3. The van der Waals surface area contributed by atoms with Crippen molar-refractivity contribution < 1.29 is 13.9 Å². The standard InChI is InChI=1S/C14H11ClO3/c1-10-2-5-12(17-10)8-9-14(16)18-13-6-3-11(15)4-7-13/h2-9H,1H3/b9-8+. The van der Waals surface area contributed by atoms with Gasteiger partial charge in [0.15, 0.2) is 0 Å². The average Bonchev–Trinajstić information content (AvgIpc) is 2.76. The molecule has 0 saturated carbocycles. The number of benzene rings is 1. The van der Waals surface area contributed by atoms with Crippen LogP contribution in [0.2, 0.25) is 5.02 Å². The molecule has 0 spiro atoms. The van der Waals surface area contributed by atoms with Crippen molar-refractivity contribution in [1.29, 1.82) is 0 Å². The summed E-state index contributed by atoms with van der Waals surface area (Å²) in [7, 11) is 0. The highest BCUT2D eigenvalue weighted by Gasteiger charge is 2.01. The molecule has 0 N–H and O–H groups in total. The summed E-state index contributed by atoms with van der Waals surface area (Å²) in [6.07, 6.45) is 2.87. The molecule has 2 aromatic rings. The highest BCUT2D eigenvalue weighted by atomic mass is 35.5. The lowest BCUT2D eigenvalue weighted by atomic mass is 10.3. The third kappa shape index (κ3) is 3.50. The molecule has 2 rings (SSSR count). The lowest BCUT2D eigenvalue weighted by Crippen LogP contribution is -2.03. The fourth-order valence-corrected chi connectivity index (χ4v) is 1.47. The van der Waals surface area contributed by atoms with Gasteiger partial charge in [0.25, 0.3) is 0 Å². The monoisotopic (exact) mass is 262 g/mol. The van der Waals surface area contributed by atoms with Gasteiger partial charge in [-0.3, -0.25) is 0 Å². The minimum atomic E-state index is -0.466. The van der Waals surface area contributed by atoms with E-state index < -0.39 is 5.97 Å². The summed E-state index contributed by atoms with van der Waals surface area (Å²) in [6, 6.07) is 10.2. The second-order valence-electron chi connectivity index (χ2n) is 3.66. The fourth-order valence-electron chi connectivity index (χ4n) is 1.35. The van der Waals surface area contributed by atoms with E-state index in [9.17, 15) is 4.79 Å². The molecule has 0 radical (unpaired) electrons. The molecule has 0 aliphatic heterocycles. The van der Waals surface area contributed by atoms with Gasteiger partial charge in [-0.25, -0.2) is 4.79 Å². The van der Waals surface area contributed by atoms with Crippen LogP contribution in [0, 0.1) is 6.92 Å². The minimum absolute atomic E-state index is 0.449. The van der Waals surface area contributed by atoms with Crippen LogP contribution in [0.25, 0.3) is 6.08 Å². The summed E-state index contributed by atoms with van der Waals surface area (Å²) in [5.41, 5.74) is 0. The first-order valence-corrected chi connectivity index (χ1v) is 5.73. The van der Waals surface area contributed by atoms with Crippen LogP contribution in [0.4, 0.5) is 0 Å². The number of hydrogen-bond donors (Lipinski definition) is 0. The molecular formula is C14H11ClO3. The van der Waals surface area contributed by atoms with E-state index in [0.717, 1.165) is 5.76 Å². The molecular weight excluding hydrogens is 252 g/mol.